The quantitative estimate of drug-likeness (QED) is 0.850. The molecule has 0 spiro atoms. The summed E-state index contributed by atoms with van der Waals surface area (Å²) in [5.41, 5.74) is 5.97. The number of nitrogens with two attached hydrogens (primary N) is 1. The Morgan fingerprint density at radius 1 is 1.44 bits per heavy atom. The molecule has 100 valence electrons. The second-order valence-corrected chi connectivity index (χ2v) is 7.05. The van der Waals surface area contributed by atoms with E-state index in [2.05, 4.69) is 6.92 Å². The molecule has 0 saturated carbocycles. The van der Waals surface area contributed by atoms with Crippen LogP contribution >= 0.6 is 11.6 Å². The Bertz CT molecular complexity index is 525. The van der Waals surface area contributed by atoms with Crippen LogP contribution in [0.5, 0.6) is 0 Å². The van der Waals surface area contributed by atoms with Crippen molar-refractivity contribution in [2.24, 2.45) is 5.92 Å². The van der Waals surface area contributed by atoms with Crippen LogP contribution in [-0.4, -0.2) is 25.8 Å². The molecule has 4 nitrogen and oxygen atoms in total. The van der Waals surface area contributed by atoms with Gasteiger partial charge >= 0.3 is 0 Å². The first-order chi connectivity index (χ1) is 8.43. The van der Waals surface area contributed by atoms with Gasteiger partial charge in [-0.15, -0.1) is 0 Å². The molecular weight excluding hydrogens is 272 g/mol. The Labute approximate surface area is 113 Å². The number of sulfonamides is 1. The Hall–Kier alpha value is -0.780. The molecule has 6 heteroatoms. The summed E-state index contributed by atoms with van der Waals surface area (Å²) < 4.78 is 26.6. The molecule has 2 N–H and O–H groups in total. The van der Waals surface area contributed by atoms with Gasteiger partial charge in [0.15, 0.2) is 0 Å². The highest BCUT2D eigenvalue weighted by Crippen LogP contribution is 2.31. The molecule has 1 aliphatic rings. The second kappa shape index (κ2) is 5.07. The predicted molar refractivity (Wildman–Crippen MR) is 73.0 cm³/mol. The predicted octanol–water partition coefficient (Wildman–Crippen LogP) is 2.34. The molecule has 1 saturated heterocycles. The van der Waals surface area contributed by atoms with E-state index in [1.807, 2.05) is 0 Å². The van der Waals surface area contributed by atoms with Gasteiger partial charge in [-0.05, 0) is 30.9 Å². The number of piperidine rings is 1. The van der Waals surface area contributed by atoms with Crippen LogP contribution in [0.15, 0.2) is 23.1 Å². The number of halogens is 1. The van der Waals surface area contributed by atoms with Crippen LogP contribution in [0.4, 0.5) is 5.69 Å². The lowest BCUT2D eigenvalue weighted by atomic mass is 10.0. The highest BCUT2D eigenvalue weighted by atomic mass is 35.5. The number of nitrogen functional groups attached to an aromatic ring is 1. The standard InChI is InChI=1S/C12H17ClN2O2S/c1-9-4-3-7-15(8-9)18(16,17)12-10(13)5-2-6-11(12)14/h2,5-6,9H,3-4,7-8,14H2,1H3. The average molecular weight is 289 g/mol. The Balaban J connectivity index is 2.42. The molecule has 1 fully saturated rings. The van der Waals surface area contributed by atoms with Crippen molar-refractivity contribution in [3.05, 3.63) is 23.2 Å². The smallest absolute Gasteiger partial charge is 0.246 e. The van der Waals surface area contributed by atoms with Crippen molar-refractivity contribution in [2.75, 3.05) is 18.8 Å². The van der Waals surface area contributed by atoms with Crippen LogP contribution in [0.25, 0.3) is 0 Å². The molecular formula is C12H17ClN2O2S. The maximum absolute atomic E-state index is 12.5. The van der Waals surface area contributed by atoms with Gasteiger partial charge in [-0.2, -0.15) is 4.31 Å². The molecule has 18 heavy (non-hydrogen) atoms. The Kier molecular flexibility index (Phi) is 3.84. The summed E-state index contributed by atoms with van der Waals surface area (Å²) >= 11 is 5.98. The summed E-state index contributed by atoms with van der Waals surface area (Å²) in [6.45, 7) is 3.13. The van der Waals surface area contributed by atoms with E-state index in [0.29, 0.717) is 19.0 Å². The average Bonchev–Trinajstić information content (AvgIpc) is 2.28. The van der Waals surface area contributed by atoms with Crippen LogP contribution in [0.2, 0.25) is 5.02 Å². The normalized spacial score (nSPS) is 22.0. The van der Waals surface area contributed by atoms with E-state index in [-0.39, 0.29) is 15.6 Å². The van der Waals surface area contributed by atoms with Gasteiger partial charge in [0.05, 0.1) is 10.7 Å². The topological polar surface area (TPSA) is 63.4 Å². The van der Waals surface area contributed by atoms with Crippen LogP contribution in [0.1, 0.15) is 19.8 Å². The van der Waals surface area contributed by atoms with Crippen molar-refractivity contribution < 1.29 is 8.42 Å². The van der Waals surface area contributed by atoms with E-state index in [1.54, 1.807) is 18.2 Å². The number of hydrogen-bond donors (Lipinski definition) is 1. The number of nitrogens with zero attached hydrogens (tertiary/aromatic N) is 1. The van der Waals surface area contributed by atoms with Crippen LogP contribution in [-0.2, 0) is 10.0 Å². The third-order valence-electron chi connectivity index (χ3n) is 3.22. The van der Waals surface area contributed by atoms with Crippen molar-refractivity contribution in [3.8, 4) is 0 Å². The van der Waals surface area contributed by atoms with Gasteiger partial charge < -0.3 is 5.73 Å². The van der Waals surface area contributed by atoms with E-state index < -0.39 is 10.0 Å². The highest BCUT2D eigenvalue weighted by molar-refractivity contribution is 7.89. The first kappa shape index (κ1) is 13.6. The lowest BCUT2D eigenvalue weighted by Gasteiger charge is -2.30. The van der Waals surface area contributed by atoms with Gasteiger partial charge in [-0.1, -0.05) is 24.6 Å². The van der Waals surface area contributed by atoms with Gasteiger partial charge in [-0.25, -0.2) is 8.42 Å². The molecule has 0 amide bonds. The molecule has 0 bridgehead atoms. The second-order valence-electron chi connectivity index (χ2n) is 4.77. The molecule has 1 atom stereocenters. The van der Waals surface area contributed by atoms with Crippen LogP contribution in [0.3, 0.4) is 0 Å². The third kappa shape index (κ3) is 2.48. The zero-order valence-corrected chi connectivity index (χ0v) is 11.8. The summed E-state index contributed by atoms with van der Waals surface area (Å²) in [6, 6.07) is 4.76. The van der Waals surface area contributed by atoms with E-state index in [0.717, 1.165) is 12.8 Å². The third-order valence-corrected chi connectivity index (χ3v) is 5.63. The maximum Gasteiger partial charge on any atom is 0.246 e. The zero-order chi connectivity index (χ0) is 13.3. The van der Waals surface area contributed by atoms with Crippen LogP contribution < -0.4 is 5.73 Å². The number of benzene rings is 1. The van der Waals surface area contributed by atoms with Crippen molar-refractivity contribution in [3.63, 3.8) is 0 Å². The maximum atomic E-state index is 12.5. The van der Waals surface area contributed by atoms with Gasteiger partial charge in [-0.3, -0.25) is 0 Å². The summed E-state index contributed by atoms with van der Waals surface area (Å²) in [7, 11) is -3.58. The summed E-state index contributed by atoms with van der Waals surface area (Å²) in [6.07, 6.45) is 1.94. The first-order valence-corrected chi connectivity index (χ1v) is 7.79. The van der Waals surface area contributed by atoms with Crippen molar-refractivity contribution in [1.29, 1.82) is 0 Å². The Morgan fingerprint density at radius 2 is 2.17 bits per heavy atom. The molecule has 1 aromatic carbocycles. The number of hydrogen-bond acceptors (Lipinski definition) is 3. The first-order valence-electron chi connectivity index (χ1n) is 5.97. The molecule has 1 aromatic rings. The minimum atomic E-state index is -3.58. The Morgan fingerprint density at radius 3 is 2.78 bits per heavy atom. The fourth-order valence-corrected chi connectivity index (χ4v) is 4.52. The molecule has 0 radical (unpaired) electrons. The lowest BCUT2D eigenvalue weighted by molar-refractivity contribution is 0.281. The molecule has 1 heterocycles. The molecule has 2 rings (SSSR count). The molecule has 0 aromatic heterocycles. The van der Waals surface area contributed by atoms with Gasteiger partial charge in [0.2, 0.25) is 10.0 Å². The lowest BCUT2D eigenvalue weighted by Crippen LogP contribution is -2.39. The summed E-state index contributed by atoms with van der Waals surface area (Å²) in [5.74, 6) is 0.372. The number of anilines is 1. The van der Waals surface area contributed by atoms with E-state index in [1.165, 1.54) is 4.31 Å². The van der Waals surface area contributed by atoms with Gasteiger partial charge in [0.1, 0.15) is 4.90 Å². The van der Waals surface area contributed by atoms with E-state index >= 15 is 0 Å². The van der Waals surface area contributed by atoms with Crippen molar-refractivity contribution >= 4 is 27.3 Å². The van der Waals surface area contributed by atoms with Gasteiger partial charge in [0.25, 0.3) is 0 Å². The van der Waals surface area contributed by atoms with E-state index in [9.17, 15) is 8.42 Å². The highest BCUT2D eigenvalue weighted by Gasteiger charge is 2.31. The monoisotopic (exact) mass is 288 g/mol. The van der Waals surface area contributed by atoms with Crippen molar-refractivity contribution in [2.45, 2.75) is 24.7 Å². The zero-order valence-electron chi connectivity index (χ0n) is 10.3. The van der Waals surface area contributed by atoms with Gasteiger partial charge in [0, 0.05) is 13.1 Å². The summed E-state index contributed by atoms with van der Waals surface area (Å²) in [4.78, 5) is 0.0424. The largest absolute Gasteiger partial charge is 0.398 e. The SMILES string of the molecule is CC1CCCN(S(=O)(=O)c2c(N)cccc2Cl)C1. The molecule has 0 aliphatic carbocycles. The molecule has 1 unspecified atom stereocenters. The summed E-state index contributed by atoms with van der Waals surface area (Å²) in [5, 5.41) is 0.188. The minimum absolute atomic E-state index is 0.0424. The fraction of sp³-hybridized carbons (Fsp3) is 0.500. The van der Waals surface area contributed by atoms with E-state index in [4.69, 9.17) is 17.3 Å². The molecule has 1 aliphatic heterocycles. The van der Waals surface area contributed by atoms with Crippen molar-refractivity contribution in [1.82, 2.24) is 4.31 Å². The minimum Gasteiger partial charge on any atom is -0.398 e. The number of rotatable bonds is 2. The fourth-order valence-electron chi connectivity index (χ4n) is 2.29. The van der Waals surface area contributed by atoms with Crippen LogP contribution in [0, 0.1) is 5.92 Å².